The molecule has 0 N–H and O–H groups in total. The number of carbonyl (C=O) groups excluding carboxylic acids is 1. The highest BCUT2D eigenvalue weighted by atomic mass is 32.2. The molecule has 0 amide bonds. The number of benzene rings is 1. The van der Waals surface area contributed by atoms with Gasteiger partial charge in [0.2, 0.25) is 0 Å². The van der Waals surface area contributed by atoms with E-state index in [0.717, 1.165) is 35.2 Å². The van der Waals surface area contributed by atoms with E-state index in [-0.39, 0.29) is 11.5 Å². The van der Waals surface area contributed by atoms with E-state index in [1.165, 1.54) is 22.2 Å². The van der Waals surface area contributed by atoms with E-state index in [2.05, 4.69) is 0 Å². The molecular formula is C20H20N2O3S2. The number of hydrogen-bond donors (Lipinski definition) is 0. The van der Waals surface area contributed by atoms with Crippen molar-refractivity contribution in [3.63, 3.8) is 0 Å². The zero-order chi connectivity index (χ0) is 18.8. The summed E-state index contributed by atoms with van der Waals surface area (Å²) in [5.74, 6) is 0.295. The number of nitrogens with zero attached hydrogens (tertiary/aromatic N) is 2. The van der Waals surface area contributed by atoms with Crippen molar-refractivity contribution in [1.29, 1.82) is 0 Å². The average Bonchev–Trinajstić information content (AvgIpc) is 3.23. The maximum atomic E-state index is 13.4. The average molecular weight is 401 g/mol. The molecule has 0 saturated carbocycles. The van der Waals surface area contributed by atoms with Gasteiger partial charge in [-0.3, -0.25) is 14.2 Å². The molecule has 0 fully saturated rings. The van der Waals surface area contributed by atoms with Crippen LogP contribution in [0, 0.1) is 0 Å². The molecule has 0 aliphatic heterocycles. The second-order valence-corrected chi connectivity index (χ2v) is 8.46. The maximum Gasteiger partial charge on any atom is 0.306 e. The van der Waals surface area contributed by atoms with Crippen LogP contribution in [0.4, 0.5) is 0 Å². The molecule has 0 unspecified atom stereocenters. The fourth-order valence-corrected chi connectivity index (χ4v) is 5.62. The van der Waals surface area contributed by atoms with Crippen LogP contribution in [0.25, 0.3) is 15.9 Å². The summed E-state index contributed by atoms with van der Waals surface area (Å²) in [4.78, 5) is 32.0. The minimum atomic E-state index is -0.227. The number of thioether (sulfide) groups is 1. The highest BCUT2D eigenvalue weighted by Crippen LogP contribution is 2.36. The Morgan fingerprint density at radius 2 is 2.11 bits per heavy atom. The lowest BCUT2D eigenvalue weighted by atomic mass is 10.2. The summed E-state index contributed by atoms with van der Waals surface area (Å²) in [6, 6.07) is 9.58. The Morgan fingerprint density at radius 1 is 1.30 bits per heavy atom. The highest BCUT2D eigenvalue weighted by Gasteiger charge is 2.23. The lowest BCUT2D eigenvalue weighted by Crippen LogP contribution is -2.22. The van der Waals surface area contributed by atoms with E-state index in [0.29, 0.717) is 23.9 Å². The van der Waals surface area contributed by atoms with Crippen LogP contribution in [0.15, 0.2) is 40.3 Å². The van der Waals surface area contributed by atoms with Crippen LogP contribution in [0.5, 0.6) is 0 Å². The summed E-state index contributed by atoms with van der Waals surface area (Å²) < 4.78 is 6.67. The van der Waals surface area contributed by atoms with E-state index in [4.69, 9.17) is 9.72 Å². The monoisotopic (exact) mass is 400 g/mol. The van der Waals surface area contributed by atoms with E-state index >= 15 is 0 Å². The Balaban J connectivity index is 1.77. The molecule has 0 spiro atoms. The number of rotatable bonds is 6. The number of carbonyl (C=O) groups is 1. The van der Waals surface area contributed by atoms with Gasteiger partial charge in [0.25, 0.3) is 5.56 Å². The first-order valence-corrected chi connectivity index (χ1v) is 10.9. The van der Waals surface area contributed by atoms with Crippen molar-refractivity contribution in [2.24, 2.45) is 0 Å². The van der Waals surface area contributed by atoms with Gasteiger partial charge < -0.3 is 4.74 Å². The number of hydrogen-bond acceptors (Lipinski definition) is 6. The van der Waals surface area contributed by atoms with E-state index in [1.54, 1.807) is 22.8 Å². The third kappa shape index (κ3) is 3.53. The van der Waals surface area contributed by atoms with Crippen LogP contribution in [-0.2, 0) is 22.4 Å². The standard InChI is InChI=1S/C20H20N2O3S2/c1-2-25-16(23)11-12-26-20-21-18-17(14-9-6-10-15(14)27-18)19(24)22(20)13-7-4-3-5-8-13/h3-5,7-8H,2,6,9-12H2,1H3. The van der Waals surface area contributed by atoms with Gasteiger partial charge in [-0.1, -0.05) is 30.0 Å². The minimum Gasteiger partial charge on any atom is -0.466 e. The van der Waals surface area contributed by atoms with Gasteiger partial charge in [0.15, 0.2) is 5.16 Å². The normalized spacial score (nSPS) is 13.1. The summed E-state index contributed by atoms with van der Waals surface area (Å²) in [6.45, 7) is 2.17. The van der Waals surface area contributed by atoms with Crippen LogP contribution >= 0.6 is 23.1 Å². The van der Waals surface area contributed by atoms with Gasteiger partial charge in [-0.2, -0.15) is 0 Å². The van der Waals surface area contributed by atoms with Crippen molar-refractivity contribution < 1.29 is 9.53 Å². The molecule has 4 rings (SSSR count). The Kier molecular flexibility index (Phi) is 5.31. The molecule has 0 radical (unpaired) electrons. The molecule has 0 bridgehead atoms. The van der Waals surface area contributed by atoms with Crippen LogP contribution in [0.3, 0.4) is 0 Å². The van der Waals surface area contributed by atoms with Gasteiger partial charge in [0.05, 0.1) is 24.1 Å². The zero-order valence-corrected chi connectivity index (χ0v) is 16.7. The van der Waals surface area contributed by atoms with Crippen molar-refractivity contribution in [1.82, 2.24) is 9.55 Å². The van der Waals surface area contributed by atoms with Gasteiger partial charge in [-0.25, -0.2) is 4.98 Å². The van der Waals surface area contributed by atoms with E-state index in [1.807, 2.05) is 30.3 Å². The van der Waals surface area contributed by atoms with Gasteiger partial charge in [-0.05, 0) is 43.9 Å². The molecule has 1 aliphatic carbocycles. The number of esters is 1. The van der Waals surface area contributed by atoms with Crippen LogP contribution in [0.1, 0.15) is 30.2 Å². The second kappa shape index (κ2) is 7.86. The lowest BCUT2D eigenvalue weighted by Gasteiger charge is -2.12. The Hall–Kier alpha value is -2.12. The second-order valence-electron chi connectivity index (χ2n) is 6.31. The largest absolute Gasteiger partial charge is 0.466 e. The first kappa shape index (κ1) is 18.3. The summed E-state index contributed by atoms with van der Waals surface area (Å²) in [7, 11) is 0. The lowest BCUT2D eigenvalue weighted by molar-refractivity contribution is -0.142. The van der Waals surface area contributed by atoms with Gasteiger partial charge in [0.1, 0.15) is 4.83 Å². The maximum absolute atomic E-state index is 13.4. The Bertz CT molecular complexity index is 1040. The Labute approximate surface area is 165 Å². The molecule has 2 aromatic heterocycles. The first-order chi connectivity index (χ1) is 13.2. The topological polar surface area (TPSA) is 61.2 Å². The minimum absolute atomic E-state index is 0.00997. The number of aryl methyl sites for hydroxylation is 2. The van der Waals surface area contributed by atoms with Gasteiger partial charge in [-0.15, -0.1) is 11.3 Å². The van der Waals surface area contributed by atoms with E-state index in [9.17, 15) is 9.59 Å². The fourth-order valence-electron chi connectivity index (χ4n) is 3.39. The zero-order valence-electron chi connectivity index (χ0n) is 15.1. The molecule has 0 atom stereocenters. The molecule has 1 aliphatic rings. The third-order valence-electron chi connectivity index (χ3n) is 4.57. The van der Waals surface area contributed by atoms with E-state index < -0.39 is 0 Å². The predicted molar refractivity (Wildman–Crippen MR) is 109 cm³/mol. The number of para-hydroxylation sites is 1. The molecule has 0 saturated heterocycles. The fraction of sp³-hybridized carbons (Fsp3) is 0.350. The first-order valence-electron chi connectivity index (χ1n) is 9.10. The SMILES string of the molecule is CCOC(=O)CCSc1nc2sc3c(c2c(=O)n1-c1ccccc1)CCC3. The predicted octanol–water partition coefficient (Wildman–Crippen LogP) is 3.98. The quantitative estimate of drug-likeness (QED) is 0.356. The summed E-state index contributed by atoms with van der Waals surface area (Å²) >= 11 is 3.06. The van der Waals surface area contributed by atoms with Crippen molar-refractivity contribution in [3.05, 3.63) is 51.1 Å². The molecule has 1 aromatic carbocycles. The molecule has 2 heterocycles. The van der Waals surface area contributed by atoms with Gasteiger partial charge in [0, 0.05) is 10.6 Å². The molecule has 27 heavy (non-hydrogen) atoms. The van der Waals surface area contributed by atoms with Crippen molar-refractivity contribution in [2.45, 2.75) is 37.8 Å². The summed E-state index contributed by atoms with van der Waals surface area (Å²) in [5, 5.41) is 1.40. The number of aromatic nitrogens is 2. The summed E-state index contributed by atoms with van der Waals surface area (Å²) in [5.41, 5.74) is 1.97. The van der Waals surface area contributed by atoms with Crippen LogP contribution < -0.4 is 5.56 Å². The molecular weight excluding hydrogens is 380 g/mol. The van der Waals surface area contributed by atoms with Crippen molar-refractivity contribution in [3.8, 4) is 5.69 Å². The molecule has 140 valence electrons. The van der Waals surface area contributed by atoms with Crippen molar-refractivity contribution in [2.75, 3.05) is 12.4 Å². The van der Waals surface area contributed by atoms with Gasteiger partial charge >= 0.3 is 5.97 Å². The number of fused-ring (bicyclic) bond motifs is 3. The van der Waals surface area contributed by atoms with Crippen LogP contribution in [-0.4, -0.2) is 27.9 Å². The summed E-state index contributed by atoms with van der Waals surface area (Å²) in [6.07, 6.45) is 3.39. The highest BCUT2D eigenvalue weighted by molar-refractivity contribution is 7.99. The molecule has 7 heteroatoms. The smallest absolute Gasteiger partial charge is 0.306 e. The third-order valence-corrected chi connectivity index (χ3v) is 6.69. The number of ether oxygens (including phenoxy) is 1. The Morgan fingerprint density at radius 3 is 2.89 bits per heavy atom. The number of thiophene rings is 1. The van der Waals surface area contributed by atoms with Crippen LogP contribution in [0.2, 0.25) is 0 Å². The molecule has 3 aromatic rings. The van der Waals surface area contributed by atoms with Crippen molar-refractivity contribution >= 4 is 39.3 Å². The molecule has 5 nitrogen and oxygen atoms in total.